The summed E-state index contributed by atoms with van der Waals surface area (Å²) >= 11 is 0. The van der Waals surface area contributed by atoms with E-state index in [-0.39, 0.29) is 16.3 Å². The van der Waals surface area contributed by atoms with E-state index in [0.717, 1.165) is 0 Å². The van der Waals surface area contributed by atoms with E-state index in [2.05, 4.69) is 0 Å². The Labute approximate surface area is 123 Å². The second kappa shape index (κ2) is 7.12. The lowest BCUT2D eigenvalue weighted by atomic mass is 10.2. The monoisotopic (exact) mass is 311 g/mol. The molecule has 21 heavy (non-hydrogen) atoms. The maximum Gasteiger partial charge on any atom is 0.270 e. The molecule has 0 aliphatic carbocycles. The first-order chi connectivity index (χ1) is 9.77. The minimum Gasteiger partial charge on any atom is -0.294 e. The number of carbonyl (C=O) groups excluding carboxylic acids is 1. The van der Waals surface area contributed by atoms with E-state index in [4.69, 9.17) is 0 Å². The molecule has 7 heteroatoms. The molecule has 6 nitrogen and oxygen atoms in total. The van der Waals surface area contributed by atoms with Crippen LogP contribution in [0.5, 0.6) is 0 Å². The quantitative estimate of drug-likeness (QED) is 0.438. The van der Waals surface area contributed by atoms with Crippen molar-refractivity contribution in [2.24, 2.45) is 0 Å². The van der Waals surface area contributed by atoms with Crippen molar-refractivity contribution >= 4 is 27.4 Å². The van der Waals surface area contributed by atoms with Crippen molar-refractivity contribution in [1.82, 2.24) is 0 Å². The predicted molar refractivity (Wildman–Crippen MR) is 80.4 cm³/mol. The van der Waals surface area contributed by atoms with Crippen molar-refractivity contribution in [2.45, 2.75) is 26.7 Å². The van der Waals surface area contributed by atoms with Gasteiger partial charge in [-0.15, -0.1) is 0 Å². The molecule has 0 aliphatic heterocycles. The average molecular weight is 311 g/mol. The average Bonchev–Trinajstić information content (AvgIpc) is 2.42. The van der Waals surface area contributed by atoms with Crippen LogP contribution in [0.4, 0.5) is 5.69 Å². The van der Waals surface area contributed by atoms with E-state index in [9.17, 15) is 23.3 Å². The fourth-order valence-corrected chi connectivity index (χ4v) is 3.38. The summed E-state index contributed by atoms with van der Waals surface area (Å²) in [4.78, 5) is 21.4. The SMILES string of the molecule is CCCCS(=O)(=O)C(=Cc1cccc([N+](=O)[O-])c1)C(C)=O. The summed E-state index contributed by atoms with van der Waals surface area (Å²) in [5.74, 6) is -0.679. The molecular weight excluding hydrogens is 294 g/mol. The smallest absolute Gasteiger partial charge is 0.270 e. The molecule has 0 spiro atoms. The van der Waals surface area contributed by atoms with Crippen molar-refractivity contribution in [3.05, 3.63) is 44.8 Å². The maximum absolute atomic E-state index is 12.1. The number of benzene rings is 1. The van der Waals surface area contributed by atoms with Crippen LogP contribution in [0.1, 0.15) is 32.3 Å². The largest absolute Gasteiger partial charge is 0.294 e. The Kier molecular flexibility index (Phi) is 5.78. The van der Waals surface area contributed by atoms with E-state index in [1.165, 1.54) is 37.3 Å². The van der Waals surface area contributed by atoms with Crippen LogP contribution in [0, 0.1) is 10.1 Å². The number of nitrogens with zero attached hydrogens (tertiary/aromatic N) is 1. The summed E-state index contributed by atoms with van der Waals surface area (Å²) in [7, 11) is -3.67. The lowest BCUT2D eigenvalue weighted by molar-refractivity contribution is -0.384. The molecule has 0 aromatic heterocycles. The molecule has 1 aromatic carbocycles. The number of Topliss-reactive ketones (excluding diaryl/α,β-unsaturated/α-hetero) is 1. The predicted octanol–water partition coefficient (Wildman–Crippen LogP) is 2.74. The Morgan fingerprint density at radius 2 is 2.05 bits per heavy atom. The van der Waals surface area contributed by atoms with Crippen molar-refractivity contribution in [2.75, 3.05) is 5.75 Å². The lowest BCUT2D eigenvalue weighted by Gasteiger charge is -2.06. The summed E-state index contributed by atoms with van der Waals surface area (Å²) in [5.41, 5.74) is 0.159. The molecule has 1 aromatic rings. The van der Waals surface area contributed by atoms with Crippen LogP contribution >= 0.6 is 0 Å². The van der Waals surface area contributed by atoms with Crippen LogP contribution in [-0.2, 0) is 14.6 Å². The van der Waals surface area contributed by atoms with Crippen LogP contribution in [-0.4, -0.2) is 24.9 Å². The van der Waals surface area contributed by atoms with E-state index in [1.807, 2.05) is 6.92 Å². The summed E-state index contributed by atoms with van der Waals surface area (Å²) in [6.45, 7) is 3.03. The van der Waals surface area contributed by atoms with Crippen molar-refractivity contribution in [3.8, 4) is 0 Å². The summed E-state index contributed by atoms with van der Waals surface area (Å²) in [6.07, 6.45) is 2.35. The molecule has 0 amide bonds. The van der Waals surface area contributed by atoms with Gasteiger partial charge in [-0.1, -0.05) is 25.5 Å². The number of rotatable bonds is 7. The van der Waals surface area contributed by atoms with Crippen molar-refractivity contribution < 1.29 is 18.1 Å². The number of nitro groups is 1. The fraction of sp³-hybridized carbons (Fsp3) is 0.357. The molecular formula is C14H17NO5S. The number of unbranched alkanes of at least 4 members (excludes halogenated alkanes) is 1. The zero-order valence-corrected chi connectivity index (χ0v) is 12.7. The normalized spacial score (nSPS) is 12.2. The fourth-order valence-electron chi connectivity index (χ4n) is 1.73. The highest BCUT2D eigenvalue weighted by Crippen LogP contribution is 2.19. The molecule has 1 rings (SSSR count). The highest BCUT2D eigenvalue weighted by Gasteiger charge is 2.21. The molecule has 0 heterocycles. The van der Waals surface area contributed by atoms with Gasteiger partial charge >= 0.3 is 0 Å². The molecule has 0 radical (unpaired) electrons. The molecule has 0 bridgehead atoms. The highest BCUT2D eigenvalue weighted by molar-refractivity contribution is 7.96. The number of allylic oxidation sites excluding steroid dienone is 1. The van der Waals surface area contributed by atoms with Gasteiger partial charge in [0.2, 0.25) is 0 Å². The number of hydrogen-bond acceptors (Lipinski definition) is 5. The first kappa shape index (κ1) is 17.0. The maximum atomic E-state index is 12.1. The van der Waals surface area contributed by atoms with Gasteiger partial charge < -0.3 is 0 Å². The zero-order valence-electron chi connectivity index (χ0n) is 11.9. The Morgan fingerprint density at radius 1 is 1.38 bits per heavy atom. The van der Waals surface area contributed by atoms with E-state index < -0.39 is 20.5 Å². The number of non-ortho nitro benzene ring substituents is 1. The van der Waals surface area contributed by atoms with Gasteiger partial charge in [0.05, 0.1) is 10.7 Å². The molecule has 0 N–H and O–H groups in total. The third-order valence-corrected chi connectivity index (χ3v) is 4.73. The van der Waals surface area contributed by atoms with Crippen molar-refractivity contribution in [3.63, 3.8) is 0 Å². The third-order valence-electron chi connectivity index (χ3n) is 2.83. The molecule has 0 atom stereocenters. The van der Waals surface area contributed by atoms with Gasteiger partial charge in [-0.25, -0.2) is 8.42 Å². The van der Waals surface area contributed by atoms with Gasteiger partial charge in [0.1, 0.15) is 4.91 Å². The van der Waals surface area contributed by atoms with Gasteiger partial charge in [-0.2, -0.15) is 0 Å². The van der Waals surface area contributed by atoms with Gasteiger partial charge in [0, 0.05) is 12.1 Å². The number of nitro benzene ring substituents is 1. The van der Waals surface area contributed by atoms with Gasteiger partial charge in [-0.05, 0) is 25.0 Å². The number of sulfone groups is 1. The molecule has 0 aliphatic rings. The molecule has 0 unspecified atom stereocenters. The van der Waals surface area contributed by atoms with E-state index in [0.29, 0.717) is 18.4 Å². The number of carbonyl (C=O) groups is 1. The van der Waals surface area contributed by atoms with E-state index >= 15 is 0 Å². The van der Waals surface area contributed by atoms with Crippen molar-refractivity contribution in [1.29, 1.82) is 0 Å². The minimum absolute atomic E-state index is 0.107. The van der Waals surface area contributed by atoms with Gasteiger partial charge in [0.25, 0.3) is 5.69 Å². The zero-order chi connectivity index (χ0) is 16.0. The number of hydrogen-bond donors (Lipinski definition) is 0. The van der Waals surface area contributed by atoms with Crippen LogP contribution in [0.3, 0.4) is 0 Å². The highest BCUT2D eigenvalue weighted by atomic mass is 32.2. The van der Waals surface area contributed by atoms with Crippen LogP contribution in [0.2, 0.25) is 0 Å². The molecule has 0 fully saturated rings. The Hall–Kier alpha value is -2.02. The topological polar surface area (TPSA) is 94.3 Å². The van der Waals surface area contributed by atoms with Gasteiger partial charge in [-0.3, -0.25) is 14.9 Å². The Bertz CT molecular complexity index is 676. The molecule has 114 valence electrons. The van der Waals surface area contributed by atoms with E-state index in [1.54, 1.807) is 0 Å². The Balaban J connectivity index is 3.26. The van der Waals surface area contributed by atoms with Crippen LogP contribution in [0.15, 0.2) is 29.2 Å². The van der Waals surface area contributed by atoms with Crippen LogP contribution in [0.25, 0.3) is 6.08 Å². The molecule has 0 saturated heterocycles. The second-order valence-corrected chi connectivity index (χ2v) is 6.67. The lowest BCUT2D eigenvalue weighted by Crippen LogP contribution is -2.14. The number of ketones is 1. The molecule has 0 saturated carbocycles. The van der Waals surface area contributed by atoms with Crippen LogP contribution < -0.4 is 0 Å². The Morgan fingerprint density at radius 3 is 2.57 bits per heavy atom. The first-order valence-corrected chi connectivity index (χ1v) is 8.13. The first-order valence-electron chi connectivity index (χ1n) is 6.47. The summed E-state index contributed by atoms with van der Waals surface area (Å²) < 4.78 is 24.3. The second-order valence-electron chi connectivity index (χ2n) is 4.59. The third kappa shape index (κ3) is 4.78. The summed E-state index contributed by atoms with van der Waals surface area (Å²) in [5, 5.41) is 10.7. The standard InChI is InChI=1S/C14H17NO5S/c1-3-4-8-21(19,20)14(11(2)16)10-12-6-5-7-13(9-12)15(17)18/h5-7,9-10H,3-4,8H2,1-2H3. The van der Waals surface area contributed by atoms with Gasteiger partial charge in [0.15, 0.2) is 15.6 Å². The minimum atomic E-state index is -3.67. The summed E-state index contributed by atoms with van der Waals surface area (Å²) in [6, 6.07) is 5.50.